The van der Waals surface area contributed by atoms with Crippen molar-refractivity contribution in [3.63, 3.8) is 0 Å². The van der Waals surface area contributed by atoms with Crippen LogP contribution >= 0.6 is 0 Å². The maximum atomic E-state index is 13.0. The Hall–Kier alpha value is -3.85. The smallest absolute Gasteiger partial charge is 0.274 e. The molecule has 1 saturated heterocycles. The summed E-state index contributed by atoms with van der Waals surface area (Å²) in [6.07, 6.45) is 0. The van der Waals surface area contributed by atoms with Crippen molar-refractivity contribution in [2.24, 2.45) is 0 Å². The number of amides is 1. The van der Waals surface area contributed by atoms with E-state index in [-0.39, 0.29) is 30.3 Å². The van der Waals surface area contributed by atoms with Crippen LogP contribution in [-0.2, 0) is 13.1 Å². The highest BCUT2D eigenvalue weighted by Crippen LogP contribution is 2.28. The van der Waals surface area contributed by atoms with E-state index in [2.05, 4.69) is 10.00 Å². The van der Waals surface area contributed by atoms with Crippen molar-refractivity contribution in [2.75, 3.05) is 47.0 Å². The van der Waals surface area contributed by atoms with E-state index in [0.717, 1.165) is 30.9 Å². The van der Waals surface area contributed by atoms with E-state index >= 15 is 0 Å². The van der Waals surface area contributed by atoms with Gasteiger partial charge < -0.3 is 19.1 Å². The van der Waals surface area contributed by atoms with Crippen LogP contribution in [0.3, 0.4) is 0 Å². The summed E-state index contributed by atoms with van der Waals surface area (Å²) < 4.78 is 17.6. The zero-order valence-electron chi connectivity index (χ0n) is 20.1. The summed E-state index contributed by atoms with van der Waals surface area (Å²) in [5.74, 6) is 1.95. The number of carbonyl (C=O) groups excluding carboxylic acids is 1. The Bertz CT molecular complexity index is 1190. The summed E-state index contributed by atoms with van der Waals surface area (Å²) in [6, 6.07) is 18.1. The molecule has 35 heavy (non-hydrogen) atoms. The molecule has 0 spiro atoms. The van der Waals surface area contributed by atoms with Crippen LogP contribution in [0, 0.1) is 0 Å². The number of aromatic nitrogens is 2. The number of hydrogen-bond donors (Lipinski definition) is 0. The molecule has 3 aromatic rings. The van der Waals surface area contributed by atoms with Gasteiger partial charge in [-0.2, -0.15) is 5.10 Å². The molecule has 0 atom stereocenters. The van der Waals surface area contributed by atoms with Crippen LogP contribution in [0.15, 0.2) is 65.5 Å². The summed E-state index contributed by atoms with van der Waals surface area (Å²) in [6.45, 7) is 3.95. The molecule has 2 heterocycles. The van der Waals surface area contributed by atoms with E-state index in [1.165, 1.54) is 16.8 Å². The molecule has 4 rings (SSSR count). The highest BCUT2D eigenvalue weighted by molar-refractivity contribution is 5.92. The Labute approximate surface area is 204 Å². The molecule has 0 aliphatic carbocycles. The molecule has 1 aliphatic heterocycles. The van der Waals surface area contributed by atoms with Gasteiger partial charge in [-0.25, -0.2) is 4.68 Å². The van der Waals surface area contributed by atoms with Crippen molar-refractivity contribution in [2.45, 2.75) is 13.1 Å². The molecule has 1 amide bonds. The molecular formula is C26H30N4O5. The van der Waals surface area contributed by atoms with Gasteiger partial charge in [0.2, 0.25) is 0 Å². The van der Waals surface area contributed by atoms with E-state index in [4.69, 9.17) is 14.2 Å². The predicted octanol–water partition coefficient (Wildman–Crippen LogP) is 2.30. The summed E-state index contributed by atoms with van der Waals surface area (Å²) in [5, 5.41) is 4.29. The van der Waals surface area contributed by atoms with Crippen molar-refractivity contribution in [1.29, 1.82) is 0 Å². The number of nitrogens with zero attached hydrogens (tertiary/aromatic N) is 4. The quantitative estimate of drug-likeness (QED) is 0.467. The SMILES string of the molecule is COc1ccc(CN2CCN(C(=O)c3ccc(=O)n(CCOc4ccccc4)n3)CC2)cc1OC. The molecule has 1 aromatic heterocycles. The number of hydrogen-bond acceptors (Lipinski definition) is 7. The summed E-state index contributed by atoms with van der Waals surface area (Å²) >= 11 is 0. The lowest BCUT2D eigenvalue weighted by molar-refractivity contribution is 0.0619. The molecule has 1 aliphatic rings. The number of benzene rings is 2. The maximum Gasteiger partial charge on any atom is 0.274 e. The average molecular weight is 479 g/mol. The largest absolute Gasteiger partial charge is 0.493 e. The standard InChI is InChI=1S/C26H30N4O5/c1-33-23-10-8-20(18-24(23)34-2)19-28-12-14-29(15-13-28)26(32)22-9-11-25(31)30(27-22)16-17-35-21-6-4-3-5-7-21/h3-11,18H,12-17,19H2,1-2H3. The second-order valence-corrected chi connectivity index (χ2v) is 8.20. The number of ether oxygens (including phenoxy) is 3. The Morgan fingerprint density at radius 3 is 2.37 bits per heavy atom. The number of para-hydroxylation sites is 1. The summed E-state index contributed by atoms with van der Waals surface area (Å²) in [4.78, 5) is 29.3. The minimum absolute atomic E-state index is 0.173. The summed E-state index contributed by atoms with van der Waals surface area (Å²) in [7, 11) is 3.24. The number of methoxy groups -OCH3 is 2. The molecule has 2 aromatic carbocycles. The zero-order valence-corrected chi connectivity index (χ0v) is 20.1. The van der Waals surface area contributed by atoms with E-state index < -0.39 is 0 Å². The Balaban J connectivity index is 1.31. The molecule has 9 nitrogen and oxygen atoms in total. The lowest BCUT2D eigenvalue weighted by Crippen LogP contribution is -2.48. The number of piperazine rings is 1. The molecule has 184 valence electrons. The fraction of sp³-hybridized carbons (Fsp3) is 0.346. The molecule has 9 heteroatoms. The second kappa shape index (κ2) is 11.5. The van der Waals surface area contributed by atoms with Gasteiger partial charge in [-0.3, -0.25) is 14.5 Å². The van der Waals surface area contributed by atoms with Crippen molar-refractivity contribution in [3.8, 4) is 17.2 Å². The lowest BCUT2D eigenvalue weighted by Gasteiger charge is -2.34. The van der Waals surface area contributed by atoms with Gasteiger partial charge in [-0.15, -0.1) is 0 Å². The van der Waals surface area contributed by atoms with Gasteiger partial charge in [0.15, 0.2) is 11.5 Å². The molecule has 0 radical (unpaired) electrons. The molecule has 0 bridgehead atoms. The van der Waals surface area contributed by atoms with Crippen LogP contribution < -0.4 is 19.8 Å². The van der Waals surface area contributed by atoms with Crippen LogP contribution in [0.4, 0.5) is 0 Å². The van der Waals surface area contributed by atoms with Gasteiger partial charge in [-0.05, 0) is 35.9 Å². The normalized spacial score (nSPS) is 13.9. The topological polar surface area (TPSA) is 86.1 Å². The number of rotatable bonds is 9. The highest BCUT2D eigenvalue weighted by Gasteiger charge is 2.24. The van der Waals surface area contributed by atoms with Crippen LogP contribution in [0.5, 0.6) is 17.2 Å². The molecule has 0 unspecified atom stereocenters. The first kappa shape index (κ1) is 24.3. The first-order valence-electron chi connectivity index (χ1n) is 11.6. The number of carbonyl (C=O) groups is 1. The van der Waals surface area contributed by atoms with Gasteiger partial charge in [-0.1, -0.05) is 24.3 Å². The van der Waals surface area contributed by atoms with Crippen molar-refractivity contribution < 1.29 is 19.0 Å². The molecule has 0 saturated carbocycles. The van der Waals surface area contributed by atoms with Crippen molar-refractivity contribution in [1.82, 2.24) is 19.6 Å². The van der Waals surface area contributed by atoms with E-state index in [1.807, 2.05) is 48.5 Å². The minimum atomic E-state index is -0.266. The van der Waals surface area contributed by atoms with Crippen LogP contribution in [0.2, 0.25) is 0 Å². The van der Waals surface area contributed by atoms with Gasteiger partial charge in [0.1, 0.15) is 18.1 Å². The fourth-order valence-corrected chi connectivity index (χ4v) is 4.00. The monoisotopic (exact) mass is 478 g/mol. The highest BCUT2D eigenvalue weighted by atomic mass is 16.5. The Morgan fingerprint density at radius 2 is 1.66 bits per heavy atom. The third kappa shape index (κ3) is 6.19. The molecular weight excluding hydrogens is 448 g/mol. The first-order chi connectivity index (χ1) is 17.1. The first-order valence-corrected chi connectivity index (χ1v) is 11.6. The van der Waals surface area contributed by atoms with Crippen LogP contribution in [0.1, 0.15) is 16.1 Å². The van der Waals surface area contributed by atoms with Crippen molar-refractivity contribution in [3.05, 3.63) is 82.3 Å². The fourth-order valence-electron chi connectivity index (χ4n) is 4.00. The second-order valence-electron chi connectivity index (χ2n) is 8.20. The predicted molar refractivity (Wildman–Crippen MR) is 131 cm³/mol. The van der Waals surface area contributed by atoms with Crippen molar-refractivity contribution >= 4 is 5.91 Å². The van der Waals surface area contributed by atoms with Gasteiger partial charge in [0.25, 0.3) is 11.5 Å². The lowest BCUT2D eigenvalue weighted by atomic mass is 10.1. The average Bonchev–Trinajstić information content (AvgIpc) is 2.90. The van der Waals surface area contributed by atoms with Gasteiger partial charge >= 0.3 is 0 Å². The van der Waals surface area contributed by atoms with Gasteiger partial charge in [0.05, 0.1) is 20.8 Å². The maximum absolute atomic E-state index is 13.0. The van der Waals surface area contributed by atoms with E-state index in [1.54, 1.807) is 19.1 Å². The van der Waals surface area contributed by atoms with Gasteiger partial charge in [0, 0.05) is 38.8 Å². The Morgan fingerprint density at radius 1 is 0.914 bits per heavy atom. The molecule has 0 N–H and O–H groups in total. The molecule has 1 fully saturated rings. The third-order valence-electron chi connectivity index (χ3n) is 5.91. The Kier molecular flexibility index (Phi) is 7.99. The van der Waals surface area contributed by atoms with E-state index in [0.29, 0.717) is 24.6 Å². The zero-order chi connectivity index (χ0) is 24.6. The van der Waals surface area contributed by atoms with E-state index in [9.17, 15) is 9.59 Å². The van der Waals surface area contributed by atoms with Crippen LogP contribution in [-0.4, -0.2) is 72.5 Å². The minimum Gasteiger partial charge on any atom is -0.493 e. The summed E-state index contributed by atoms with van der Waals surface area (Å²) in [5.41, 5.74) is 1.12. The van der Waals surface area contributed by atoms with Crippen LogP contribution in [0.25, 0.3) is 0 Å². The third-order valence-corrected chi connectivity index (χ3v) is 5.91.